The molecule has 0 bridgehead atoms. The second-order valence-corrected chi connectivity index (χ2v) is 7.04. The van der Waals surface area contributed by atoms with Gasteiger partial charge in [-0.3, -0.25) is 4.79 Å². The van der Waals surface area contributed by atoms with Crippen molar-refractivity contribution in [2.45, 2.75) is 25.8 Å². The Labute approximate surface area is 150 Å². The smallest absolute Gasteiger partial charge is 0.276 e. The van der Waals surface area contributed by atoms with E-state index in [0.29, 0.717) is 15.8 Å². The number of halogens is 2. The Morgan fingerprint density at radius 2 is 2.39 bits per heavy atom. The predicted octanol–water partition coefficient (Wildman–Crippen LogP) is 3.69. The van der Waals surface area contributed by atoms with E-state index in [1.807, 2.05) is 11.0 Å². The summed E-state index contributed by atoms with van der Waals surface area (Å²) in [5, 5.41) is 7.25. The van der Waals surface area contributed by atoms with Crippen LogP contribution in [-0.2, 0) is 0 Å². The molecule has 0 radical (unpaired) electrons. The molecule has 0 aromatic carbocycles. The molecule has 1 atom stereocenters. The molecule has 23 heavy (non-hydrogen) atoms. The Bertz CT molecular complexity index is 653. The lowest BCUT2D eigenvalue weighted by atomic mass is 10.2. The molecule has 3 heterocycles. The fourth-order valence-corrected chi connectivity index (χ4v) is 3.67. The van der Waals surface area contributed by atoms with Gasteiger partial charge in [-0.1, -0.05) is 23.7 Å². The second kappa shape index (κ2) is 8.15. The Morgan fingerprint density at radius 3 is 3.00 bits per heavy atom. The summed E-state index contributed by atoms with van der Waals surface area (Å²) in [6.07, 6.45) is 1.91. The zero-order valence-electron chi connectivity index (χ0n) is 12.8. The van der Waals surface area contributed by atoms with E-state index >= 15 is 0 Å². The molecule has 0 spiro atoms. The highest BCUT2D eigenvalue weighted by Crippen LogP contribution is 2.31. The molecule has 3 rings (SSSR count). The average Bonchev–Trinajstić information content (AvgIpc) is 3.24. The number of nitrogens with one attached hydrogen (secondary N) is 1. The van der Waals surface area contributed by atoms with Gasteiger partial charge in [0.25, 0.3) is 5.91 Å². The van der Waals surface area contributed by atoms with Crippen LogP contribution in [0.1, 0.15) is 30.3 Å². The van der Waals surface area contributed by atoms with Crippen LogP contribution in [0.5, 0.6) is 0 Å². The summed E-state index contributed by atoms with van der Waals surface area (Å²) in [6, 6.07) is 5.62. The number of amides is 1. The number of carbonyl (C=O) groups excluding carboxylic acids is 1. The van der Waals surface area contributed by atoms with E-state index < -0.39 is 0 Å². The van der Waals surface area contributed by atoms with E-state index in [-0.39, 0.29) is 24.4 Å². The maximum absolute atomic E-state index is 12.7. The minimum Gasteiger partial charge on any atom is -0.355 e. The van der Waals surface area contributed by atoms with Crippen molar-refractivity contribution in [3.8, 4) is 10.6 Å². The number of thiophene rings is 1. The zero-order chi connectivity index (χ0) is 15.5. The van der Waals surface area contributed by atoms with Crippen molar-refractivity contribution < 1.29 is 9.32 Å². The van der Waals surface area contributed by atoms with Crippen LogP contribution in [0, 0.1) is 0 Å². The molecule has 5 nitrogen and oxygen atoms in total. The molecule has 0 aliphatic carbocycles. The van der Waals surface area contributed by atoms with Gasteiger partial charge in [-0.2, -0.15) is 0 Å². The fourth-order valence-electron chi connectivity index (χ4n) is 2.68. The molecule has 2 aromatic rings. The van der Waals surface area contributed by atoms with Crippen LogP contribution in [-0.4, -0.2) is 41.6 Å². The van der Waals surface area contributed by atoms with Crippen molar-refractivity contribution >= 4 is 41.3 Å². The molecule has 1 aliphatic rings. The van der Waals surface area contributed by atoms with Crippen LogP contribution in [0.3, 0.4) is 0 Å². The highest BCUT2D eigenvalue weighted by atomic mass is 35.5. The van der Waals surface area contributed by atoms with Crippen LogP contribution < -0.4 is 5.32 Å². The Balaban J connectivity index is 0.00000192. The highest BCUT2D eigenvalue weighted by molar-refractivity contribution is 7.19. The molecule has 0 saturated carbocycles. The van der Waals surface area contributed by atoms with Crippen molar-refractivity contribution in [2.75, 3.05) is 19.6 Å². The average molecular weight is 376 g/mol. The Kier molecular flexibility index (Phi) is 6.47. The predicted molar refractivity (Wildman–Crippen MR) is 94.7 cm³/mol. The number of hydrogen-bond donors (Lipinski definition) is 1. The van der Waals surface area contributed by atoms with E-state index in [1.165, 1.54) is 11.3 Å². The summed E-state index contributed by atoms with van der Waals surface area (Å²) in [7, 11) is 0. The van der Waals surface area contributed by atoms with E-state index in [1.54, 1.807) is 12.1 Å². The quantitative estimate of drug-likeness (QED) is 0.865. The van der Waals surface area contributed by atoms with Gasteiger partial charge in [0, 0.05) is 25.2 Å². The standard InChI is InChI=1S/C15H18ClN3O2S.ClH/c1-2-7-19(10-5-6-17-9-10)15(20)11-8-12(21-18-11)13-3-4-14(16)22-13;/h3-4,8,10,17H,2,5-7,9H2,1H3;1H. The largest absolute Gasteiger partial charge is 0.355 e. The van der Waals surface area contributed by atoms with Gasteiger partial charge in [0.05, 0.1) is 9.21 Å². The van der Waals surface area contributed by atoms with Crippen molar-refractivity contribution in [2.24, 2.45) is 0 Å². The molecule has 1 fully saturated rings. The van der Waals surface area contributed by atoms with Gasteiger partial charge in [-0.25, -0.2) is 0 Å². The number of carbonyl (C=O) groups is 1. The lowest BCUT2D eigenvalue weighted by Crippen LogP contribution is -2.42. The monoisotopic (exact) mass is 375 g/mol. The summed E-state index contributed by atoms with van der Waals surface area (Å²) >= 11 is 7.34. The zero-order valence-corrected chi connectivity index (χ0v) is 15.1. The van der Waals surface area contributed by atoms with E-state index in [9.17, 15) is 4.79 Å². The fraction of sp³-hybridized carbons (Fsp3) is 0.467. The first-order valence-corrected chi connectivity index (χ1v) is 8.62. The minimum absolute atomic E-state index is 0. The van der Waals surface area contributed by atoms with Gasteiger partial charge in [0.15, 0.2) is 11.5 Å². The van der Waals surface area contributed by atoms with Crippen molar-refractivity contribution in [3.63, 3.8) is 0 Å². The molecule has 1 unspecified atom stereocenters. The van der Waals surface area contributed by atoms with E-state index in [2.05, 4.69) is 17.4 Å². The molecular formula is C15H19Cl2N3O2S. The van der Waals surface area contributed by atoms with Gasteiger partial charge in [-0.05, 0) is 31.5 Å². The van der Waals surface area contributed by atoms with Gasteiger partial charge < -0.3 is 14.7 Å². The first-order valence-electron chi connectivity index (χ1n) is 7.43. The number of rotatable bonds is 5. The third kappa shape index (κ3) is 4.07. The van der Waals surface area contributed by atoms with E-state index in [0.717, 1.165) is 37.4 Å². The second-order valence-electron chi connectivity index (χ2n) is 5.33. The summed E-state index contributed by atoms with van der Waals surface area (Å²) < 4.78 is 6.00. The number of nitrogens with zero attached hydrogens (tertiary/aromatic N) is 2. The lowest BCUT2D eigenvalue weighted by Gasteiger charge is -2.27. The summed E-state index contributed by atoms with van der Waals surface area (Å²) in [6.45, 7) is 4.61. The maximum atomic E-state index is 12.7. The molecule has 126 valence electrons. The highest BCUT2D eigenvalue weighted by Gasteiger charge is 2.28. The summed E-state index contributed by atoms with van der Waals surface area (Å²) in [5.74, 6) is 0.523. The summed E-state index contributed by atoms with van der Waals surface area (Å²) in [4.78, 5) is 15.5. The molecular weight excluding hydrogens is 357 g/mol. The lowest BCUT2D eigenvalue weighted by molar-refractivity contribution is 0.0681. The molecule has 1 amide bonds. The van der Waals surface area contributed by atoms with E-state index in [4.69, 9.17) is 16.1 Å². The molecule has 1 saturated heterocycles. The minimum atomic E-state index is -0.0618. The van der Waals surface area contributed by atoms with Crippen LogP contribution in [0.2, 0.25) is 4.34 Å². The molecule has 2 aromatic heterocycles. The van der Waals surface area contributed by atoms with Crippen molar-refractivity contribution in [1.29, 1.82) is 0 Å². The van der Waals surface area contributed by atoms with Crippen LogP contribution in [0.4, 0.5) is 0 Å². The molecule has 1 N–H and O–H groups in total. The van der Waals surface area contributed by atoms with Gasteiger partial charge in [0.1, 0.15) is 0 Å². The van der Waals surface area contributed by atoms with Crippen molar-refractivity contribution in [3.05, 3.63) is 28.2 Å². The molecule has 1 aliphatic heterocycles. The molecule has 8 heteroatoms. The first kappa shape index (κ1) is 18.3. The summed E-state index contributed by atoms with van der Waals surface area (Å²) in [5.41, 5.74) is 0.361. The first-order chi connectivity index (χ1) is 10.7. The van der Waals surface area contributed by atoms with Gasteiger partial charge >= 0.3 is 0 Å². The topological polar surface area (TPSA) is 58.4 Å². The SMILES string of the molecule is CCCN(C(=O)c1cc(-c2ccc(Cl)s2)on1)C1CCNC1.Cl. The number of aromatic nitrogens is 1. The third-order valence-corrected chi connectivity index (χ3v) is 4.99. The van der Waals surface area contributed by atoms with Crippen LogP contribution >= 0.6 is 35.3 Å². The van der Waals surface area contributed by atoms with Gasteiger partial charge in [0.2, 0.25) is 0 Å². The Morgan fingerprint density at radius 1 is 1.57 bits per heavy atom. The maximum Gasteiger partial charge on any atom is 0.276 e. The van der Waals surface area contributed by atoms with Gasteiger partial charge in [-0.15, -0.1) is 23.7 Å². The van der Waals surface area contributed by atoms with Crippen molar-refractivity contribution in [1.82, 2.24) is 15.4 Å². The normalized spacial score (nSPS) is 17.0. The van der Waals surface area contributed by atoms with Crippen LogP contribution in [0.25, 0.3) is 10.6 Å². The number of hydrogen-bond acceptors (Lipinski definition) is 5. The van der Waals surface area contributed by atoms with Crippen LogP contribution in [0.15, 0.2) is 22.7 Å². The Hall–Kier alpha value is -1.08. The third-order valence-electron chi connectivity index (χ3n) is 3.75.